The van der Waals surface area contributed by atoms with Crippen molar-refractivity contribution in [1.29, 1.82) is 0 Å². The highest BCUT2D eigenvalue weighted by atomic mass is 16.5. The van der Waals surface area contributed by atoms with Crippen LogP contribution in [0.3, 0.4) is 0 Å². The van der Waals surface area contributed by atoms with Crippen molar-refractivity contribution in [3.8, 4) is 11.5 Å². The molecule has 4 aromatic carbocycles. The van der Waals surface area contributed by atoms with Crippen LogP contribution >= 0.6 is 0 Å². The summed E-state index contributed by atoms with van der Waals surface area (Å²) in [5, 5.41) is 28.3. The van der Waals surface area contributed by atoms with Crippen molar-refractivity contribution in [3.63, 3.8) is 0 Å². The van der Waals surface area contributed by atoms with E-state index < -0.39 is 5.54 Å². The SMILES string of the molecule is COCCOc1cc(C)c(Nc2nn(C)c3nc(Nc4ccc5c(c4)C(C)(C)N(C(C)=O)CC5)ncc23)c(C)c1.COCCOc1cc(C)c(Nc2nn(C)c3nc(Nc4ccc5c(c4)C(C)(C)NCC5)ncc23)c(C)c1. The predicted molar refractivity (Wildman–Crippen MR) is 304 cm³/mol. The van der Waals surface area contributed by atoms with E-state index in [-0.39, 0.29) is 11.4 Å². The van der Waals surface area contributed by atoms with E-state index in [9.17, 15) is 4.79 Å². The van der Waals surface area contributed by atoms with E-state index >= 15 is 0 Å². The minimum absolute atomic E-state index is 0.0663. The standard InChI is InChI=1S/C30H37N7O3.C28H35N7O2/c1-18-14-23(40-13-12-39-7)15-19(2)26(18)33-27-24-17-31-29(34-28(24)36(6)35-27)32-22-9-8-21-10-11-37(20(3)38)30(4,5)25(21)16-22;1-17-13-21(37-12-11-36-6)14-18(2)24(17)32-25-22-16-29-27(33-26(22)35(5)34-25)31-20-8-7-19-9-10-30-28(3,4)23(19)15-20/h8-9,14-17H,10-13H2,1-7H3,(H,33,35)(H,31,32,34);7-8,13-16,30H,9-12H2,1-6H3,(H,32,34)(H,29,31,33). The van der Waals surface area contributed by atoms with Crippen LogP contribution in [0.1, 0.15) is 79.1 Å². The molecular formula is C58H72N14O5. The molecule has 0 spiro atoms. The molecule has 77 heavy (non-hydrogen) atoms. The highest BCUT2D eigenvalue weighted by Crippen LogP contribution is 2.38. The molecule has 10 rings (SSSR count). The summed E-state index contributed by atoms with van der Waals surface area (Å²) in [5.41, 5.74) is 14.1. The molecule has 19 heteroatoms. The number of fused-ring (bicyclic) bond motifs is 4. The molecule has 0 bridgehead atoms. The summed E-state index contributed by atoms with van der Waals surface area (Å²) < 4.78 is 25.3. The molecule has 1 amide bonds. The second-order valence-corrected chi connectivity index (χ2v) is 20.9. The number of nitrogens with zero attached hydrogens (tertiary/aromatic N) is 9. The van der Waals surface area contributed by atoms with E-state index in [1.54, 1.807) is 36.7 Å². The highest BCUT2D eigenvalue weighted by Gasteiger charge is 2.36. The van der Waals surface area contributed by atoms with E-state index in [0.717, 1.165) is 104 Å². The molecule has 8 aromatic rings. The summed E-state index contributed by atoms with van der Waals surface area (Å²) in [6.07, 6.45) is 5.48. The molecule has 5 N–H and O–H groups in total. The number of nitrogens with one attached hydrogen (secondary N) is 5. The summed E-state index contributed by atoms with van der Waals surface area (Å²) in [4.78, 5) is 32.9. The van der Waals surface area contributed by atoms with Crippen molar-refractivity contribution >= 4 is 74.3 Å². The Morgan fingerprint density at radius 2 is 1.08 bits per heavy atom. The molecule has 6 heterocycles. The topological polar surface area (TPSA) is 205 Å². The first kappa shape index (κ1) is 53.9. The third kappa shape index (κ3) is 11.6. The second kappa shape index (κ2) is 22.4. The molecule has 0 saturated carbocycles. The van der Waals surface area contributed by atoms with Gasteiger partial charge in [-0.2, -0.15) is 20.2 Å². The number of anilines is 8. The zero-order valence-electron chi connectivity index (χ0n) is 46.7. The van der Waals surface area contributed by atoms with E-state index in [4.69, 9.17) is 39.1 Å². The van der Waals surface area contributed by atoms with Gasteiger partial charge in [-0.3, -0.25) is 4.79 Å². The Morgan fingerprint density at radius 1 is 0.623 bits per heavy atom. The van der Waals surface area contributed by atoms with Crippen molar-refractivity contribution in [2.45, 2.75) is 86.2 Å². The lowest BCUT2D eigenvalue weighted by atomic mass is 9.83. The quantitative estimate of drug-likeness (QED) is 0.0571. The third-order valence-electron chi connectivity index (χ3n) is 14.5. The fraction of sp³-hybridized carbons (Fsp3) is 0.397. The molecule has 2 aliphatic rings. The van der Waals surface area contributed by atoms with Crippen molar-refractivity contribution in [1.82, 2.24) is 49.7 Å². The largest absolute Gasteiger partial charge is 0.491 e. The molecule has 0 fully saturated rings. The van der Waals surface area contributed by atoms with Gasteiger partial charge in [0.2, 0.25) is 17.8 Å². The maximum atomic E-state index is 12.2. The van der Waals surface area contributed by atoms with Crippen molar-refractivity contribution in [2.24, 2.45) is 14.1 Å². The van der Waals surface area contributed by atoms with E-state index in [0.29, 0.717) is 55.6 Å². The van der Waals surface area contributed by atoms with Crippen molar-refractivity contribution in [3.05, 3.63) is 118 Å². The van der Waals surface area contributed by atoms with Crippen LogP contribution in [0.2, 0.25) is 0 Å². The number of benzene rings is 4. The number of ether oxygens (including phenoxy) is 4. The van der Waals surface area contributed by atoms with Crippen LogP contribution in [-0.2, 0) is 52.3 Å². The first-order chi connectivity index (χ1) is 36.8. The van der Waals surface area contributed by atoms with Gasteiger partial charge in [0.1, 0.15) is 24.7 Å². The zero-order chi connectivity index (χ0) is 54.8. The van der Waals surface area contributed by atoms with Gasteiger partial charge in [-0.25, -0.2) is 19.3 Å². The van der Waals surface area contributed by atoms with Gasteiger partial charge in [0.15, 0.2) is 22.9 Å². The number of aryl methyl sites for hydroxylation is 6. The average Bonchev–Trinajstić information content (AvgIpc) is 3.89. The molecule has 19 nitrogen and oxygen atoms in total. The van der Waals surface area contributed by atoms with Gasteiger partial charge in [-0.05, 0) is 168 Å². The van der Waals surface area contributed by atoms with Gasteiger partial charge in [0, 0.05) is 82.5 Å². The minimum Gasteiger partial charge on any atom is -0.491 e. The Labute approximate surface area is 450 Å². The van der Waals surface area contributed by atoms with E-state index in [1.807, 2.05) is 69.4 Å². The van der Waals surface area contributed by atoms with Crippen LogP contribution in [-0.4, -0.2) is 104 Å². The van der Waals surface area contributed by atoms with Crippen LogP contribution in [0.25, 0.3) is 22.1 Å². The molecule has 4 aromatic heterocycles. The number of rotatable bonds is 16. The van der Waals surface area contributed by atoms with Gasteiger partial charge in [-0.1, -0.05) is 12.1 Å². The monoisotopic (exact) mass is 1040 g/mol. The Morgan fingerprint density at radius 3 is 1.53 bits per heavy atom. The number of carbonyl (C=O) groups is 1. The Balaban J connectivity index is 0.000000188. The summed E-state index contributed by atoms with van der Waals surface area (Å²) >= 11 is 0. The number of hydrogen-bond donors (Lipinski definition) is 5. The average molecular weight is 1050 g/mol. The van der Waals surface area contributed by atoms with Gasteiger partial charge >= 0.3 is 0 Å². The molecular weight excluding hydrogens is 973 g/mol. The summed E-state index contributed by atoms with van der Waals surface area (Å²) in [6.45, 7) is 22.3. The van der Waals surface area contributed by atoms with E-state index in [2.05, 4.69) is 108 Å². The Bertz CT molecular complexity index is 3430. The smallest absolute Gasteiger partial charge is 0.229 e. The van der Waals surface area contributed by atoms with Crippen LogP contribution < -0.4 is 36.1 Å². The van der Waals surface area contributed by atoms with Crippen LogP contribution in [0.15, 0.2) is 73.1 Å². The minimum atomic E-state index is -0.394. The summed E-state index contributed by atoms with van der Waals surface area (Å²) in [5.74, 6) is 4.12. The second-order valence-electron chi connectivity index (χ2n) is 20.9. The number of hydrogen-bond acceptors (Lipinski definition) is 16. The molecule has 0 saturated heterocycles. The van der Waals surface area contributed by atoms with Gasteiger partial charge in [-0.15, -0.1) is 0 Å². The van der Waals surface area contributed by atoms with Crippen molar-refractivity contribution < 1.29 is 23.7 Å². The first-order valence-corrected chi connectivity index (χ1v) is 26.1. The summed E-state index contributed by atoms with van der Waals surface area (Å²) in [6, 6.07) is 20.8. The van der Waals surface area contributed by atoms with Crippen LogP contribution in [0.5, 0.6) is 11.5 Å². The molecule has 0 aliphatic carbocycles. The maximum absolute atomic E-state index is 12.2. The van der Waals surface area contributed by atoms with Gasteiger partial charge < -0.3 is 50.4 Å². The number of methoxy groups -OCH3 is 2. The molecule has 2 aliphatic heterocycles. The lowest BCUT2D eigenvalue weighted by Crippen LogP contribution is -2.49. The van der Waals surface area contributed by atoms with Crippen LogP contribution in [0.4, 0.5) is 46.3 Å². The van der Waals surface area contributed by atoms with Gasteiger partial charge in [0.25, 0.3) is 0 Å². The zero-order valence-corrected chi connectivity index (χ0v) is 46.7. The Kier molecular flexibility index (Phi) is 15.7. The van der Waals surface area contributed by atoms with Gasteiger partial charge in [0.05, 0.1) is 29.5 Å². The third-order valence-corrected chi connectivity index (χ3v) is 14.5. The Hall–Kier alpha value is -7.87. The fourth-order valence-corrected chi connectivity index (χ4v) is 10.5. The molecule has 0 atom stereocenters. The number of aromatic nitrogens is 8. The molecule has 0 radical (unpaired) electrons. The van der Waals surface area contributed by atoms with E-state index in [1.165, 1.54) is 16.7 Å². The molecule has 404 valence electrons. The maximum Gasteiger partial charge on any atom is 0.229 e. The number of amides is 1. The van der Waals surface area contributed by atoms with Crippen LogP contribution in [0, 0.1) is 27.7 Å². The first-order valence-electron chi connectivity index (χ1n) is 26.1. The fourth-order valence-electron chi connectivity index (χ4n) is 10.5. The lowest BCUT2D eigenvalue weighted by Gasteiger charge is -2.43. The molecule has 0 unspecified atom stereocenters. The number of carbonyl (C=O) groups excluding carboxylic acids is 1. The highest BCUT2D eigenvalue weighted by molar-refractivity contribution is 5.91. The normalized spacial score (nSPS) is 14.3. The predicted octanol–water partition coefficient (Wildman–Crippen LogP) is 10.0. The van der Waals surface area contributed by atoms with Crippen molar-refractivity contribution in [2.75, 3.05) is 75.0 Å². The lowest BCUT2D eigenvalue weighted by molar-refractivity contribution is -0.135. The summed E-state index contributed by atoms with van der Waals surface area (Å²) in [7, 11) is 7.09.